The molecule has 1 saturated heterocycles. The van der Waals surface area contributed by atoms with Gasteiger partial charge in [0.1, 0.15) is 8.42 Å². The SMILES string of the molecule is Cc1nnn(Cc2cc(C(F)(F)F)ccc2CCC(=O)N2CCC(CCS(=O)(=O)c3ccc(S(N)(=O)=O)s3)CC2)n1. The monoisotopic (exact) mass is 634 g/mol. The number of nitrogens with two attached hydrogens (primary N) is 1. The maximum atomic E-state index is 13.3. The van der Waals surface area contributed by atoms with Gasteiger partial charge in [-0.25, -0.2) is 22.0 Å². The van der Waals surface area contributed by atoms with Crippen LogP contribution in [0.15, 0.2) is 38.8 Å². The number of aromatic nitrogens is 4. The zero-order chi connectivity index (χ0) is 30.0. The average molecular weight is 635 g/mol. The number of rotatable bonds is 10. The largest absolute Gasteiger partial charge is 0.416 e. The number of sulfonamides is 1. The van der Waals surface area contributed by atoms with Crippen molar-refractivity contribution >= 4 is 37.1 Å². The summed E-state index contributed by atoms with van der Waals surface area (Å²) in [5, 5.41) is 16.7. The van der Waals surface area contributed by atoms with Gasteiger partial charge in [0.15, 0.2) is 15.7 Å². The van der Waals surface area contributed by atoms with E-state index >= 15 is 0 Å². The van der Waals surface area contributed by atoms with Crippen LogP contribution in [0.2, 0.25) is 0 Å². The molecule has 0 radical (unpaired) electrons. The number of piperidine rings is 1. The summed E-state index contributed by atoms with van der Waals surface area (Å²) in [6.07, 6.45) is -2.59. The first-order valence-electron chi connectivity index (χ1n) is 12.7. The van der Waals surface area contributed by atoms with Crippen LogP contribution in [0, 0.1) is 12.8 Å². The van der Waals surface area contributed by atoms with Crippen molar-refractivity contribution in [1.82, 2.24) is 25.1 Å². The summed E-state index contributed by atoms with van der Waals surface area (Å²) in [5.41, 5.74) is 0.139. The molecule has 1 fully saturated rings. The quantitative estimate of drug-likeness (QED) is 0.357. The van der Waals surface area contributed by atoms with Gasteiger partial charge in [0, 0.05) is 19.5 Å². The molecule has 17 heteroatoms. The Labute approximate surface area is 239 Å². The van der Waals surface area contributed by atoms with Crippen molar-refractivity contribution in [3.63, 3.8) is 0 Å². The molecular weight excluding hydrogens is 605 g/mol. The summed E-state index contributed by atoms with van der Waals surface area (Å²) >= 11 is 0.625. The summed E-state index contributed by atoms with van der Waals surface area (Å²) in [4.78, 5) is 15.8. The number of benzene rings is 1. The van der Waals surface area contributed by atoms with E-state index in [2.05, 4.69) is 15.4 Å². The molecule has 0 saturated carbocycles. The van der Waals surface area contributed by atoms with Crippen LogP contribution in [-0.2, 0) is 43.8 Å². The zero-order valence-electron chi connectivity index (χ0n) is 22.0. The average Bonchev–Trinajstić information content (AvgIpc) is 3.56. The molecule has 3 heterocycles. The lowest BCUT2D eigenvalue weighted by molar-refractivity contribution is -0.137. The van der Waals surface area contributed by atoms with Gasteiger partial charge in [0.25, 0.3) is 0 Å². The molecule has 0 unspecified atom stereocenters. The lowest BCUT2D eigenvalue weighted by Gasteiger charge is -2.32. The molecule has 0 aliphatic carbocycles. The van der Waals surface area contributed by atoms with E-state index in [9.17, 15) is 34.8 Å². The number of thiophene rings is 1. The summed E-state index contributed by atoms with van der Waals surface area (Å²) in [7, 11) is -7.65. The van der Waals surface area contributed by atoms with Gasteiger partial charge in [-0.05, 0) is 79.1 Å². The van der Waals surface area contributed by atoms with Gasteiger partial charge in [0.2, 0.25) is 15.9 Å². The molecular formula is C24H29F3N6O5S3. The first kappa shape index (κ1) is 31.1. The first-order valence-corrected chi connectivity index (χ1v) is 16.7. The number of nitrogens with zero attached hydrogens (tertiary/aromatic N) is 5. The number of hydrogen-bond acceptors (Lipinski definition) is 9. The van der Waals surface area contributed by atoms with Gasteiger partial charge < -0.3 is 4.90 Å². The minimum atomic E-state index is -4.52. The van der Waals surface area contributed by atoms with E-state index in [0.29, 0.717) is 60.6 Å². The van der Waals surface area contributed by atoms with Crippen molar-refractivity contribution in [2.75, 3.05) is 18.8 Å². The Morgan fingerprint density at radius 3 is 2.34 bits per heavy atom. The molecule has 224 valence electrons. The van der Waals surface area contributed by atoms with Crippen LogP contribution >= 0.6 is 11.3 Å². The molecule has 1 amide bonds. The minimum absolute atomic E-state index is 0.0165. The van der Waals surface area contributed by atoms with Crippen molar-refractivity contribution in [1.29, 1.82) is 0 Å². The van der Waals surface area contributed by atoms with Crippen LogP contribution in [0.1, 0.15) is 48.2 Å². The standard InChI is InChI=1S/C24H29F3N6O5S3/c1-16-29-31-33(30-16)15-19-14-20(24(25,26)27)4-2-18(19)3-5-21(34)32-11-8-17(9-12-32)10-13-40(35,36)22-6-7-23(39-22)41(28,37)38/h2,4,6-7,14,17H,3,5,8-13,15H2,1H3,(H2,28,37,38). The summed E-state index contributed by atoms with van der Waals surface area (Å²) in [6, 6.07) is 5.84. The van der Waals surface area contributed by atoms with E-state index in [1.807, 2.05) is 0 Å². The van der Waals surface area contributed by atoms with Gasteiger partial charge in [-0.1, -0.05) is 6.07 Å². The number of hydrogen-bond donors (Lipinski definition) is 1. The second-order valence-electron chi connectivity index (χ2n) is 9.90. The van der Waals surface area contributed by atoms with Crippen LogP contribution in [0.5, 0.6) is 0 Å². The third-order valence-corrected chi connectivity index (χ3v) is 11.8. The molecule has 1 aliphatic rings. The molecule has 1 aromatic carbocycles. The van der Waals surface area contributed by atoms with Gasteiger partial charge in [-0.15, -0.1) is 21.5 Å². The van der Waals surface area contributed by atoms with Crippen LogP contribution in [-0.4, -0.2) is 66.7 Å². The maximum absolute atomic E-state index is 13.3. The summed E-state index contributed by atoms with van der Waals surface area (Å²) < 4.78 is 87.9. The Kier molecular flexibility index (Phi) is 9.20. The Balaban J connectivity index is 1.30. The third-order valence-electron chi connectivity index (χ3n) is 6.91. The number of likely N-dealkylation sites (tertiary alicyclic amines) is 1. The number of carbonyl (C=O) groups excluding carboxylic acids is 1. The summed E-state index contributed by atoms with van der Waals surface area (Å²) in [6.45, 7) is 2.49. The molecule has 11 nitrogen and oxygen atoms in total. The number of amides is 1. The fourth-order valence-electron chi connectivity index (χ4n) is 4.65. The van der Waals surface area contributed by atoms with Crippen molar-refractivity contribution < 1.29 is 34.8 Å². The van der Waals surface area contributed by atoms with E-state index in [-0.39, 0.29) is 45.4 Å². The molecule has 0 spiro atoms. The highest BCUT2D eigenvalue weighted by Gasteiger charge is 2.31. The second kappa shape index (κ2) is 12.1. The number of primary sulfonamides is 1. The predicted octanol–water partition coefficient (Wildman–Crippen LogP) is 2.79. The Hall–Kier alpha value is -2.89. The number of alkyl halides is 3. The van der Waals surface area contributed by atoms with Crippen molar-refractivity contribution in [3.05, 3.63) is 52.8 Å². The van der Waals surface area contributed by atoms with E-state index in [0.717, 1.165) is 12.1 Å². The number of aryl methyl sites for hydroxylation is 2. The van der Waals surface area contributed by atoms with E-state index in [4.69, 9.17) is 5.14 Å². The van der Waals surface area contributed by atoms with E-state index in [1.165, 1.54) is 23.0 Å². The van der Waals surface area contributed by atoms with Crippen molar-refractivity contribution in [3.8, 4) is 0 Å². The van der Waals surface area contributed by atoms with Crippen LogP contribution in [0.4, 0.5) is 13.2 Å². The highest BCUT2D eigenvalue weighted by atomic mass is 32.3. The zero-order valence-corrected chi connectivity index (χ0v) is 24.5. The molecule has 4 rings (SSSR count). The molecule has 41 heavy (non-hydrogen) atoms. The molecule has 2 aromatic heterocycles. The smallest absolute Gasteiger partial charge is 0.343 e. The Morgan fingerprint density at radius 2 is 1.76 bits per heavy atom. The van der Waals surface area contributed by atoms with Crippen LogP contribution in [0.25, 0.3) is 0 Å². The number of carbonyl (C=O) groups is 1. The Morgan fingerprint density at radius 1 is 1.07 bits per heavy atom. The predicted molar refractivity (Wildman–Crippen MR) is 143 cm³/mol. The van der Waals surface area contributed by atoms with Crippen molar-refractivity contribution in [2.45, 2.75) is 60.2 Å². The summed E-state index contributed by atoms with van der Waals surface area (Å²) in [5.74, 6) is 0.183. The molecule has 0 atom stereocenters. The van der Waals surface area contributed by atoms with Gasteiger partial charge >= 0.3 is 6.18 Å². The molecule has 1 aliphatic heterocycles. The minimum Gasteiger partial charge on any atom is -0.343 e. The fraction of sp³-hybridized carbons (Fsp3) is 0.500. The third kappa shape index (κ3) is 8.11. The molecule has 2 N–H and O–H groups in total. The van der Waals surface area contributed by atoms with Crippen molar-refractivity contribution in [2.24, 2.45) is 11.1 Å². The normalized spacial score (nSPS) is 15.4. The van der Waals surface area contributed by atoms with Gasteiger partial charge in [-0.3, -0.25) is 4.79 Å². The number of tetrazole rings is 1. The number of halogens is 3. The second-order valence-corrected chi connectivity index (χ2v) is 15.1. The lowest BCUT2D eigenvalue weighted by Crippen LogP contribution is -2.39. The fourth-order valence-corrected chi connectivity index (χ4v) is 8.42. The van der Waals surface area contributed by atoms with Gasteiger partial charge in [0.05, 0.1) is 17.9 Å². The van der Waals surface area contributed by atoms with E-state index in [1.54, 1.807) is 11.8 Å². The maximum Gasteiger partial charge on any atom is 0.416 e. The van der Waals surface area contributed by atoms with Gasteiger partial charge in [-0.2, -0.15) is 18.0 Å². The van der Waals surface area contributed by atoms with E-state index < -0.39 is 31.6 Å². The molecule has 0 bridgehead atoms. The Bertz CT molecular complexity index is 1610. The number of sulfone groups is 1. The van der Waals surface area contributed by atoms with Crippen LogP contribution < -0.4 is 5.14 Å². The first-order chi connectivity index (χ1) is 19.1. The highest BCUT2D eigenvalue weighted by molar-refractivity contribution is 7.95. The molecule has 3 aromatic rings. The topological polar surface area (TPSA) is 158 Å². The highest BCUT2D eigenvalue weighted by Crippen LogP contribution is 2.32. The van der Waals surface area contributed by atoms with Crippen LogP contribution in [0.3, 0.4) is 0 Å². The lowest BCUT2D eigenvalue weighted by atomic mass is 9.94.